The third-order valence-corrected chi connectivity index (χ3v) is 8.54. The molecule has 1 saturated heterocycles. The lowest BCUT2D eigenvalue weighted by Crippen LogP contribution is -2.40. The number of ether oxygens (including phenoxy) is 1. The number of allylic oxidation sites excluding steroid dienone is 6. The molecule has 9 nitrogen and oxygen atoms in total. The second kappa shape index (κ2) is 9.43. The van der Waals surface area contributed by atoms with Crippen LogP contribution in [0.15, 0.2) is 76.9 Å². The van der Waals surface area contributed by atoms with Crippen molar-refractivity contribution in [2.24, 2.45) is 17.8 Å². The van der Waals surface area contributed by atoms with Crippen LogP contribution >= 0.6 is 0 Å². The number of phenolic OH excluding ortho intramolecular Hbond substituents is 1. The summed E-state index contributed by atoms with van der Waals surface area (Å²) in [7, 11) is -0.283. The van der Waals surface area contributed by atoms with E-state index in [-0.39, 0.29) is 52.5 Å². The molecule has 2 aromatic rings. The van der Waals surface area contributed by atoms with Gasteiger partial charge in [-0.1, -0.05) is 23.8 Å². The second-order valence-corrected chi connectivity index (χ2v) is 10.6. The van der Waals surface area contributed by atoms with Gasteiger partial charge in [-0.2, -0.15) is 0 Å². The average Bonchev–Trinajstić information content (AvgIpc) is 3.20. The Balaban J connectivity index is 1.49. The fourth-order valence-corrected chi connectivity index (χ4v) is 6.69. The summed E-state index contributed by atoms with van der Waals surface area (Å²) in [4.78, 5) is 55.4. The topological polar surface area (TPSA) is 141 Å². The monoisotopic (exact) mass is 539 g/mol. The maximum atomic E-state index is 14.0. The van der Waals surface area contributed by atoms with E-state index in [2.05, 4.69) is 0 Å². The Kier molecular flexibility index (Phi) is 6.12. The molecule has 202 valence electrons. The van der Waals surface area contributed by atoms with Crippen molar-refractivity contribution < 1.29 is 39.1 Å². The Hall–Kier alpha value is -4.28. The molecule has 0 aromatic heterocycles. The number of hydrogen-bond acceptors (Lipinski definition) is 8. The molecule has 0 spiro atoms. The van der Waals surface area contributed by atoms with Gasteiger partial charge in [0.15, 0.2) is 11.6 Å². The van der Waals surface area contributed by atoms with Crippen molar-refractivity contribution in [3.05, 3.63) is 82.5 Å². The van der Waals surface area contributed by atoms with Gasteiger partial charge in [0.25, 0.3) is 0 Å². The van der Waals surface area contributed by atoms with Crippen molar-refractivity contribution >= 4 is 41.6 Å². The summed E-state index contributed by atoms with van der Waals surface area (Å²) in [5, 5.41) is 30.2. The van der Waals surface area contributed by atoms with Gasteiger partial charge in [0.1, 0.15) is 11.5 Å². The van der Waals surface area contributed by atoms with Crippen molar-refractivity contribution in [3.63, 3.8) is 0 Å². The number of anilines is 1. The van der Waals surface area contributed by atoms with Gasteiger partial charge in [-0.25, -0.2) is 0 Å². The van der Waals surface area contributed by atoms with Gasteiger partial charge in [-0.3, -0.25) is 24.1 Å². The second-order valence-electron chi connectivity index (χ2n) is 10.6. The van der Waals surface area contributed by atoms with Crippen LogP contribution in [0.2, 0.25) is 0 Å². The van der Waals surface area contributed by atoms with Gasteiger partial charge in [0, 0.05) is 28.2 Å². The number of nitrogens with zero attached hydrogens (tertiary/aromatic N) is 1. The molecule has 0 bridgehead atoms. The molecule has 2 amide bonds. The molecule has 0 unspecified atom stereocenters. The summed E-state index contributed by atoms with van der Waals surface area (Å²) in [6, 6.07) is 10.7. The van der Waals surface area contributed by atoms with Crippen LogP contribution in [0.4, 0.5) is 5.69 Å². The van der Waals surface area contributed by atoms with Crippen LogP contribution in [0.25, 0.3) is 0 Å². The van der Waals surface area contributed by atoms with E-state index in [1.165, 1.54) is 37.5 Å². The number of phenols is 1. The van der Waals surface area contributed by atoms with E-state index in [9.17, 15) is 34.3 Å². The van der Waals surface area contributed by atoms with Crippen molar-refractivity contribution in [2.75, 3.05) is 12.0 Å². The zero-order valence-corrected chi connectivity index (χ0v) is 21.8. The maximum Gasteiger partial charge on any atom is 0.488 e. The summed E-state index contributed by atoms with van der Waals surface area (Å²) < 4.78 is 5.38. The summed E-state index contributed by atoms with van der Waals surface area (Å²) in [5.41, 5.74) is 2.34. The number of amides is 2. The molecule has 6 rings (SSSR count). The smallest absolute Gasteiger partial charge is 0.488 e. The molecule has 1 aliphatic heterocycles. The molecule has 2 aromatic carbocycles. The minimum Gasteiger partial charge on any atom is -0.508 e. The fourth-order valence-electron chi connectivity index (χ4n) is 6.69. The highest BCUT2D eigenvalue weighted by Crippen LogP contribution is 2.56. The van der Waals surface area contributed by atoms with E-state index < -0.39 is 42.6 Å². The number of methoxy groups -OCH3 is 1. The van der Waals surface area contributed by atoms with Crippen LogP contribution in [-0.2, 0) is 19.2 Å². The van der Waals surface area contributed by atoms with Crippen molar-refractivity contribution in [3.8, 4) is 11.5 Å². The standard InChI is InChI=1S/C30H26BNO8/c1-14-10-24(34)22-13-20-18(25(27(22)28(14)35)21-12-17(40-2)6-9-23(21)33)7-8-19-26(20)30(37)32(29(19)36)16-5-3-4-15(11-16)31(38)39/h3-7,9-12,19-20,25-26,33,38-39H,8,13H2,1-2H3/t19-,20+,25+,26-/m0/s1. The first-order chi connectivity index (χ1) is 19.1. The molecular formula is C30H26BNO8. The quantitative estimate of drug-likeness (QED) is 0.231. The minimum absolute atomic E-state index is 0.0800. The first kappa shape index (κ1) is 26.0. The van der Waals surface area contributed by atoms with Gasteiger partial charge < -0.3 is 19.9 Å². The molecule has 4 aliphatic rings. The summed E-state index contributed by atoms with van der Waals surface area (Å²) in [6.45, 7) is 1.58. The Labute approximate surface area is 230 Å². The summed E-state index contributed by atoms with van der Waals surface area (Å²) in [5.74, 6) is -3.93. The van der Waals surface area contributed by atoms with Crippen LogP contribution < -0.4 is 15.1 Å². The highest BCUT2D eigenvalue weighted by atomic mass is 16.5. The number of rotatable bonds is 4. The summed E-state index contributed by atoms with van der Waals surface area (Å²) in [6.07, 6.45) is 3.52. The van der Waals surface area contributed by atoms with E-state index in [1.807, 2.05) is 6.08 Å². The number of carbonyl (C=O) groups excluding carboxylic acids is 4. The van der Waals surface area contributed by atoms with Gasteiger partial charge in [-0.05, 0) is 67.6 Å². The number of ketones is 2. The maximum absolute atomic E-state index is 14.0. The zero-order chi connectivity index (χ0) is 28.5. The first-order valence-electron chi connectivity index (χ1n) is 13.0. The Morgan fingerprint density at radius 3 is 2.50 bits per heavy atom. The lowest BCUT2D eigenvalue weighted by Gasteiger charge is -2.42. The normalized spacial score (nSPS) is 25.8. The molecule has 1 fully saturated rings. The molecule has 3 aliphatic carbocycles. The third kappa shape index (κ3) is 3.78. The van der Waals surface area contributed by atoms with Crippen LogP contribution in [0.5, 0.6) is 11.5 Å². The van der Waals surface area contributed by atoms with Gasteiger partial charge in [0.05, 0.1) is 24.6 Å². The van der Waals surface area contributed by atoms with Crippen LogP contribution in [0, 0.1) is 17.8 Å². The van der Waals surface area contributed by atoms with Gasteiger partial charge in [0.2, 0.25) is 11.8 Å². The lowest BCUT2D eigenvalue weighted by molar-refractivity contribution is -0.123. The number of hydrogen-bond donors (Lipinski definition) is 3. The lowest BCUT2D eigenvalue weighted by atomic mass is 9.59. The van der Waals surface area contributed by atoms with E-state index in [0.717, 1.165) is 4.90 Å². The van der Waals surface area contributed by atoms with Crippen LogP contribution in [0.3, 0.4) is 0 Å². The van der Waals surface area contributed by atoms with Crippen LogP contribution in [0.1, 0.15) is 31.2 Å². The third-order valence-electron chi connectivity index (χ3n) is 8.54. The van der Waals surface area contributed by atoms with E-state index in [1.54, 1.807) is 25.1 Å². The Bertz CT molecular complexity index is 1600. The largest absolute Gasteiger partial charge is 0.508 e. The number of Topliss-reactive ketones (excluding diaryl/α,β-unsaturated/α-hetero) is 1. The SMILES string of the molecule is COc1ccc(O)c([C@H]2C3=CC[C@@H]4C(=O)N(c5cccc(B(O)O)c5)C(=O)[C@@H]4[C@@H]3CC3=C2C(=O)C(C)=CC3=O)c1. The number of fused-ring (bicyclic) bond motifs is 3. The Morgan fingerprint density at radius 1 is 1.00 bits per heavy atom. The molecule has 0 saturated carbocycles. The minimum atomic E-state index is -1.77. The van der Waals surface area contributed by atoms with E-state index in [4.69, 9.17) is 4.74 Å². The van der Waals surface area contributed by atoms with Crippen molar-refractivity contribution in [1.82, 2.24) is 0 Å². The van der Waals surface area contributed by atoms with E-state index >= 15 is 0 Å². The number of aromatic hydroxyl groups is 1. The number of benzene rings is 2. The van der Waals surface area contributed by atoms with Gasteiger partial charge in [-0.15, -0.1) is 0 Å². The fraction of sp³-hybridized carbons (Fsp3) is 0.267. The van der Waals surface area contributed by atoms with Gasteiger partial charge >= 0.3 is 7.12 Å². The predicted molar refractivity (Wildman–Crippen MR) is 145 cm³/mol. The molecule has 3 N–H and O–H groups in total. The predicted octanol–water partition coefficient (Wildman–Crippen LogP) is 1.71. The molecular weight excluding hydrogens is 513 g/mol. The highest BCUT2D eigenvalue weighted by molar-refractivity contribution is 6.58. The van der Waals surface area contributed by atoms with Crippen molar-refractivity contribution in [1.29, 1.82) is 0 Å². The van der Waals surface area contributed by atoms with Crippen molar-refractivity contribution in [2.45, 2.75) is 25.7 Å². The highest BCUT2D eigenvalue weighted by Gasteiger charge is 2.57. The zero-order valence-electron chi connectivity index (χ0n) is 21.8. The van der Waals surface area contributed by atoms with Crippen LogP contribution in [-0.4, -0.2) is 52.8 Å². The summed E-state index contributed by atoms with van der Waals surface area (Å²) >= 11 is 0. The number of imide groups is 1. The Morgan fingerprint density at radius 2 is 1.77 bits per heavy atom. The molecule has 10 heteroatoms. The first-order valence-corrected chi connectivity index (χ1v) is 13.0. The molecule has 0 radical (unpaired) electrons. The molecule has 40 heavy (non-hydrogen) atoms. The number of carbonyl (C=O) groups is 4. The average molecular weight is 539 g/mol. The molecule has 1 heterocycles. The van der Waals surface area contributed by atoms with E-state index in [0.29, 0.717) is 22.5 Å². The molecule has 4 atom stereocenters.